The largest absolute Gasteiger partial charge is 0.311 e. The summed E-state index contributed by atoms with van der Waals surface area (Å²) in [6, 6.07) is 64.0. The van der Waals surface area contributed by atoms with Crippen LogP contribution < -0.4 is 21.3 Å². The van der Waals surface area contributed by atoms with Crippen molar-refractivity contribution in [2.75, 3.05) is 4.90 Å². The highest BCUT2D eigenvalue weighted by Gasteiger charge is 2.42. The van der Waals surface area contributed by atoms with Gasteiger partial charge in [0.25, 0.3) is 6.71 Å². The molecule has 240 valence electrons. The minimum Gasteiger partial charge on any atom is -0.311 e. The van der Waals surface area contributed by atoms with E-state index in [4.69, 9.17) is 4.98 Å². The van der Waals surface area contributed by atoms with Crippen molar-refractivity contribution >= 4 is 78.8 Å². The van der Waals surface area contributed by atoms with Crippen molar-refractivity contribution in [2.24, 2.45) is 0 Å². The Labute approximate surface area is 300 Å². The van der Waals surface area contributed by atoms with Crippen LogP contribution in [-0.4, -0.2) is 20.7 Å². The lowest BCUT2D eigenvalue weighted by Gasteiger charge is -2.39. The molecule has 0 fully saturated rings. The minimum absolute atomic E-state index is 0.0806. The van der Waals surface area contributed by atoms with Gasteiger partial charge in [-0.25, -0.2) is 4.98 Å². The monoisotopic (exact) mass is 660 g/mol. The van der Waals surface area contributed by atoms with Gasteiger partial charge < -0.3 is 4.90 Å². The molecule has 52 heavy (non-hydrogen) atoms. The highest BCUT2D eigenvalue weighted by Crippen LogP contribution is 2.43. The number of anilines is 3. The molecule has 0 amide bonds. The van der Waals surface area contributed by atoms with Crippen LogP contribution in [0.15, 0.2) is 176 Å². The third kappa shape index (κ3) is 3.69. The lowest BCUT2D eigenvalue weighted by Crippen LogP contribution is -2.59. The lowest BCUT2D eigenvalue weighted by atomic mass is 9.34. The summed E-state index contributed by atoms with van der Waals surface area (Å²) in [6.45, 7) is 0.0806. The zero-order valence-electron chi connectivity index (χ0n) is 28.1. The first-order valence-electron chi connectivity index (χ1n) is 17.9. The molecule has 4 heterocycles. The van der Waals surface area contributed by atoms with E-state index in [1.807, 2.05) is 0 Å². The van der Waals surface area contributed by atoms with Crippen molar-refractivity contribution in [1.82, 2.24) is 14.0 Å². The molecule has 8 aromatic carbocycles. The Morgan fingerprint density at radius 1 is 0.462 bits per heavy atom. The molecule has 0 spiro atoms. The quantitative estimate of drug-likeness (QED) is 0.176. The third-order valence-corrected chi connectivity index (χ3v) is 11.2. The number of hydrogen-bond acceptors (Lipinski definition) is 2. The van der Waals surface area contributed by atoms with Crippen LogP contribution in [0, 0.1) is 0 Å². The minimum atomic E-state index is 0.0806. The second kappa shape index (κ2) is 10.3. The fourth-order valence-corrected chi connectivity index (χ4v) is 9.14. The maximum absolute atomic E-state index is 5.52. The molecule has 0 saturated heterocycles. The van der Waals surface area contributed by atoms with Crippen LogP contribution in [0.1, 0.15) is 0 Å². The highest BCUT2D eigenvalue weighted by atomic mass is 15.2. The summed E-state index contributed by atoms with van der Waals surface area (Å²) in [7, 11) is 0. The Morgan fingerprint density at radius 3 is 1.87 bits per heavy atom. The predicted molar refractivity (Wildman–Crippen MR) is 217 cm³/mol. The van der Waals surface area contributed by atoms with Gasteiger partial charge in [-0.15, -0.1) is 0 Å². The second-order valence-electron chi connectivity index (χ2n) is 14.0. The Morgan fingerprint density at radius 2 is 1.12 bits per heavy atom. The molecule has 2 aromatic heterocycles. The van der Waals surface area contributed by atoms with E-state index in [0.29, 0.717) is 0 Å². The zero-order valence-corrected chi connectivity index (χ0v) is 28.1. The van der Waals surface area contributed by atoms with E-state index < -0.39 is 0 Å². The number of hydrogen-bond donors (Lipinski definition) is 0. The number of imidazole rings is 1. The number of para-hydroxylation sites is 3. The van der Waals surface area contributed by atoms with E-state index in [9.17, 15) is 0 Å². The molecule has 0 saturated carbocycles. The highest BCUT2D eigenvalue weighted by molar-refractivity contribution is 7.01. The summed E-state index contributed by atoms with van der Waals surface area (Å²) in [5.74, 6) is 0.920. The Kier molecular flexibility index (Phi) is 5.55. The Hall–Kier alpha value is -6.85. The van der Waals surface area contributed by atoms with Crippen LogP contribution in [0.25, 0.3) is 66.6 Å². The SMILES string of the molecule is c1ccc(-c2cc(-c3ccccc3)cc(-n3c4cccc5cc6c7c(c54)n4c5c(cccc5nc34)B7c3ccccc3N6c3ccccc3)c2)cc1. The van der Waals surface area contributed by atoms with Crippen molar-refractivity contribution in [1.29, 1.82) is 0 Å². The van der Waals surface area contributed by atoms with E-state index >= 15 is 0 Å². The van der Waals surface area contributed by atoms with Gasteiger partial charge in [0, 0.05) is 22.4 Å². The number of benzene rings is 8. The van der Waals surface area contributed by atoms with Gasteiger partial charge in [0.15, 0.2) is 0 Å². The van der Waals surface area contributed by atoms with E-state index in [2.05, 4.69) is 190 Å². The number of rotatable bonds is 4. The molecule has 0 unspecified atom stereocenters. The third-order valence-electron chi connectivity index (χ3n) is 11.2. The molecule has 5 heteroatoms. The fraction of sp³-hybridized carbons (Fsp3) is 0. The number of nitrogens with zero attached hydrogens (tertiary/aromatic N) is 4. The molecular weight excluding hydrogens is 631 g/mol. The molecule has 0 radical (unpaired) electrons. The fourth-order valence-electron chi connectivity index (χ4n) is 9.14. The second-order valence-corrected chi connectivity index (χ2v) is 14.0. The molecule has 2 aliphatic rings. The average Bonchev–Trinajstić information content (AvgIpc) is 3.60. The van der Waals surface area contributed by atoms with Crippen LogP contribution in [0.3, 0.4) is 0 Å². The maximum Gasteiger partial charge on any atom is 0.252 e. The van der Waals surface area contributed by atoms with Gasteiger partial charge in [-0.3, -0.25) is 8.97 Å². The molecule has 10 aromatic rings. The van der Waals surface area contributed by atoms with Crippen LogP contribution >= 0.6 is 0 Å². The summed E-state index contributed by atoms with van der Waals surface area (Å²) in [5, 5.41) is 2.47. The topological polar surface area (TPSA) is 25.5 Å². The maximum atomic E-state index is 5.52. The summed E-state index contributed by atoms with van der Waals surface area (Å²) < 4.78 is 4.88. The smallest absolute Gasteiger partial charge is 0.252 e. The van der Waals surface area contributed by atoms with Crippen LogP contribution in [-0.2, 0) is 0 Å². The first kappa shape index (κ1) is 27.9. The standard InChI is InChI=1S/C47H29BN4/c1-4-14-30(15-5-1)33-26-34(31-16-6-2-7-17-31)28-36(27-33)51-41-25-12-18-32-29-42-44-46(43(32)41)52-45-38(22-13-23-39(45)49-47(51)52)48(44)37-21-10-11-24-40(37)50(42)35-19-8-3-9-20-35/h1-29H. The van der Waals surface area contributed by atoms with Gasteiger partial charge in [0.1, 0.15) is 0 Å². The summed E-state index contributed by atoms with van der Waals surface area (Å²) in [5.41, 5.74) is 18.0. The van der Waals surface area contributed by atoms with Gasteiger partial charge in [-0.05, 0) is 98.6 Å². The van der Waals surface area contributed by atoms with Gasteiger partial charge in [-0.2, -0.15) is 0 Å². The van der Waals surface area contributed by atoms with Crippen molar-refractivity contribution < 1.29 is 0 Å². The first-order valence-corrected chi connectivity index (χ1v) is 17.9. The molecule has 4 nitrogen and oxygen atoms in total. The molecule has 2 aliphatic heterocycles. The predicted octanol–water partition coefficient (Wildman–Crippen LogP) is 9.53. The van der Waals surface area contributed by atoms with Crippen molar-refractivity contribution in [3.8, 4) is 27.9 Å². The van der Waals surface area contributed by atoms with E-state index in [0.717, 1.165) is 28.2 Å². The van der Waals surface area contributed by atoms with Crippen LogP contribution in [0.2, 0.25) is 0 Å². The van der Waals surface area contributed by atoms with E-state index in [1.54, 1.807) is 0 Å². The zero-order chi connectivity index (χ0) is 33.9. The van der Waals surface area contributed by atoms with Gasteiger partial charge in [0.2, 0.25) is 5.78 Å². The molecular formula is C47H29BN4. The van der Waals surface area contributed by atoms with E-state index in [-0.39, 0.29) is 6.71 Å². The van der Waals surface area contributed by atoms with Gasteiger partial charge in [0.05, 0.1) is 27.8 Å². The molecule has 12 rings (SSSR count). The van der Waals surface area contributed by atoms with Gasteiger partial charge >= 0.3 is 0 Å². The van der Waals surface area contributed by atoms with Crippen LogP contribution in [0.5, 0.6) is 0 Å². The number of aromatic nitrogens is 3. The van der Waals surface area contributed by atoms with E-state index in [1.165, 1.54) is 71.8 Å². The van der Waals surface area contributed by atoms with Crippen molar-refractivity contribution in [3.63, 3.8) is 0 Å². The molecule has 0 atom stereocenters. The van der Waals surface area contributed by atoms with Gasteiger partial charge in [-0.1, -0.05) is 121 Å². The lowest BCUT2D eigenvalue weighted by molar-refractivity contribution is 1.06. The summed E-state index contributed by atoms with van der Waals surface area (Å²) in [6.07, 6.45) is 0. The molecule has 0 aliphatic carbocycles. The number of fused-ring (bicyclic) bond motifs is 3. The Balaban J connectivity index is 1.26. The van der Waals surface area contributed by atoms with Crippen LogP contribution in [0.4, 0.5) is 17.1 Å². The van der Waals surface area contributed by atoms with Crippen molar-refractivity contribution in [3.05, 3.63) is 176 Å². The summed E-state index contributed by atoms with van der Waals surface area (Å²) >= 11 is 0. The normalized spacial score (nSPS) is 12.9. The molecule has 0 N–H and O–H groups in total. The molecule has 0 bridgehead atoms. The first-order chi connectivity index (χ1) is 25.8. The average molecular weight is 661 g/mol. The Bertz CT molecular complexity index is 3010. The summed E-state index contributed by atoms with van der Waals surface area (Å²) in [4.78, 5) is 7.99. The van der Waals surface area contributed by atoms with Crippen molar-refractivity contribution in [2.45, 2.75) is 0 Å².